The van der Waals surface area contributed by atoms with E-state index in [4.69, 9.17) is 11.6 Å². The Morgan fingerprint density at radius 3 is 2.84 bits per heavy atom. The summed E-state index contributed by atoms with van der Waals surface area (Å²) in [6.07, 6.45) is 4.31. The SMILES string of the molecule is COC(=O)c1cc(Cl)ccc1NC(=O)n1ccnc1. The van der Waals surface area contributed by atoms with Crippen LogP contribution in [0.3, 0.4) is 0 Å². The van der Waals surface area contributed by atoms with Crippen molar-refractivity contribution in [2.24, 2.45) is 0 Å². The minimum atomic E-state index is -0.580. The van der Waals surface area contributed by atoms with Crippen LogP contribution in [0, 0.1) is 0 Å². The molecule has 1 heterocycles. The molecule has 0 saturated heterocycles. The van der Waals surface area contributed by atoms with Gasteiger partial charge in [0.05, 0.1) is 18.4 Å². The number of carbonyl (C=O) groups is 2. The van der Waals surface area contributed by atoms with Gasteiger partial charge in [0.1, 0.15) is 6.33 Å². The average Bonchev–Trinajstić information content (AvgIpc) is 2.94. The van der Waals surface area contributed by atoms with Crippen molar-refractivity contribution >= 4 is 29.3 Å². The van der Waals surface area contributed by atoms with Crippen LogP contribution in [0.25, 0.3) is 0 Å². The average molecular weight is 280 g/mol. The molecule has 0 atom stereocenters. The van der Waals surface area contributed by atoms with Crippen molar-refractivity contribution < 1.29 is 14.3 Å². The molecule has 6 nitrogen and oxygen atoms in total. The normalized spacial score (nSPS) is 10.0. The number of esters is 1. The number of nitrogens with one attached hydrogen (secondary N) is 1. The van der Waals surface area contributed by atoms with Gasteiger partial charge in [-0.2, -0.15) is 0 Å². The number of hydrogen-bond acceptors (Lipinski definition) is 4. The lowest BCUT2D eigenvalue weighted by molar-refractivity contribution is 0.0602. The minimum Gasteiger partial charge on any atom is -0.465 e. The molecule has 0 fully saturated rings. The van der Waals surface area contributed by atoms with E-state index in [1.165, 1.54) is 42.5 Å². The minimum absolute atomic E-state index is 0.184. The van der Waals surface area contributed by atoms with Crippen molar-refractivity contribution in [2.45, 2.75) is 0 Å². The van der Waals surface area contributed by atoms with E-state index in [1.54, 1.807) is 6.07 Å². The molecule has 7 heteroatoms. The van der Waals surface area contributed by atoms with Crippen molar-refractivity contribution in [1.82, 2.24) is 9.55 Å². The standard InChI is InChI=1S/C12H10ClN3O3/c1-19-11(17)9-6-8(13)2-3-10(9)15-12(18)16-5-4-14-7-16/h2-7H,1H3,(H,15,18). The lowest BCUT2D eigenvalue weighted by Gasteiger charge is -2.10. The predicted octanol–water partition coefficient (Wildman–Crippen LogP) is 2.40. The molecular formula is C12H10ClN3O3. The lowest BCUT2D eigenvalue weighted by Crippen LogP contribution is -2.19. The summed E-state index contributed by atoms with van der Waals surface area (Å²) < 4.78 is 5.88. The van der Waals surface area contributed by atoms with Crippen LogP contribution in [0.1, 0.15) is 10.4 Å². The van der Waals surface area contributed by atoms with Gasteiger partial charge in [-0.15, -0.1) is 0 Å². The number of rotatable bonds is 2. The molecular weight excluding hydrogens is 270 g/mol. The maximum atomic E-state index is 11.9. The third-order valence-electron chi connectivity index (χ3n) is 2.37. The van der Waals surface area contributed by atoms with Gasteiger partial charge in [-0.25, -0.2) is 14.6 Å². The zero-order valence-electron chi connectivity index (χ0n) is 9.96. The van der Waals surface area contributed by atoms with Crippen molar-refractivity contribution in [1.29, 1.82) is 0 Å². The number of nitrogens with zero attached hydrogens (tertiary/aromatic N) is 2. The lowest BCUT2D eigenvalue weighted by atomic mass is 10.2. The fourth-order valence-electron chi connectivity index (χ4n) is 1.46. The third kappa shape index (κ3) is 2.92. The Labute approximate surface area is 114 Å². The number of hydrogen-bond donors (Lipinski definition) is 1. The quantitative estimate of drug-likeness (QED) is 0.857. The molecule has 0 radical (unpaired) electrons. The molecule has 0 unspecified atom stereocenters. The number of carbonyl (C=O) groups excluding carboxylic acids is 2. The molecule has 0 bridgehead atoms. The Bertz CT molecular complexity index is 611. The third-order valence-corrected chi connectivity index (χ3v) is 2.60. The number of aromatic nitrogens is 2. The first-order chi connectivity index (χ1) is 9.11. The summed E-state index contributed by atoms with van der Waals surface area (Å²) in [5.74, 6) is -0.580. The first-order valence-electron chi connectivity index (χ1n) is 5.29. The van der Waals surface area contributed by atoms with Gasteiger partial charge in [0.25, 0.3) is 0 Å². The Hall–Kier alpha value is -2.34. The monoisotopic (exact) mass is 279 g/mol. The summed E-state index contributed by atoms with van der Waals surface area (Å²) >= 11 is 5.82. The number of halogens is 1. The summed E-state index contributed by atoms with van der Waals surface area (Å²) in [6, 6.07) is 4.09. The largest absolute Gasteiger partial charge is 0.465 e. The maximum absolute atomic E-state index is 11.9. The van der Waals surface area contributed by atoms with Crippen molar-refractivity contribution in [3.8, 4) is 0 Å². The predicted molar refractivity (Wildman–Crippen MR) is 69.4 cm³/mol. The maximum Gasteiger partial charge on any atom is 0.340 e. The second-order valence-electron chi connectivity index (χ2n) is 3.58. The molecule has 0 aliphatic heterocycles. The van der Waals surface area contributed by atoms with E-state index in [1.807, 2.05) is 0 Å². The zero-order chi connectivity index (χ0) is 13.8. The zero-order valence-corrected chi connectivity index (χ0v) is 10.7. The molecule has 2 rings (SSSR count). The van der Waals surface area contributed by atoms with E-state index in [9.17, 15) is 9.59 Å². The first-order valence-corrected chi connectivity index (χ1v) is 5.67. The van der Waals surface area contributed by atoms with Gasteiger partial charge in [0.15, 0.2) is 0 Å². The van der Waals surface area contributed by atoms with Crippen LogP contribution < -0.4 is 5.32 Å². The molecule has 1 aromatic carbocycles. The Balaban J connectivity index is 2.29. The number of anilines is 1. The highest BCUT2D eigenvalue weighted by atomic mass is 35.5. The number of benzene rings is 1. The van der Waals surface area contributed by atoms with E-state index in [0.29, 0.717) is 10.7 Å². The summed E-state index contributed by atoms with van der Waals surface area (Å²) in [7, 11) is 1.25. The molecule has 1 aromatic heterocycles. The number of imidazole rings is 1. The van der Waals surface area contributed by atoms with Crippen LogP contribution in [0.15, 0.2) is 36.9 Å². The summed E-state index contributed by atoms with van der Waals surface area (Å²) in [4.78, 5) is 27.2. The molecule has 0 aliphatic rings. The smallest absolute Gasteiger partial charge is 0.340 e. The Morgan fingerprint density at radius 1 is 1.42 bits per heavy atom. The van der Waals surface area contributed by atoms with Crippen molar-refractivity contribution in [3.63, 3.8) is 0 Å². The summed E-state index contributed by atoms with van der Waals surface area (Å²) in [5, 5.41) is 2.96. The molecule has 1 N–H and O–H groups in total. The molecule has 2 aromatic rings. The molecule has 19 heavy (non-hydrogen) atoms. The summed E-state index contributed by atoms with van der Waals surface area (Å²) in [6.45, 7) is 0. The molecule has 0 aliphatic carbocycles. The van der Waals surface area contributed by atoms with Crippen LogP contribution >= 0.6 is 11.6 Å². The molecule has 1 amide bonds. The topological polar surface area (TPSA) is 73.2 Å². The van der Waals surface area contributed by atoms with Gasteiger partial charge >= 0.3 is 12.0 Å². The van der Waals surface area contributed by atoms with Crippen LogP contribution in [0.2, 0.25) is 5.02 Å². The summed E-state index contributed by atoms with van der Waals surface area (Å²) in [5.41, 5.74) is 0.499. The van der Waals surface area contributed by atoms with Crippen LogP contribution in [0.4, 0.5) is 10.5 Å². The van der Waals surface area contributed by atoms with Crippen molar-refractivity contribution in [2.75, 3.05) is 12.4 Å². The molecule has 0 spiro atoms. The molecule has 98 valence electrons. The van der Waals surface area contributed by atoms with E-state index in [-0.39, 0.29) is 5.56 Å². The van der Waals surface area contributed by atoms with Gasteiger partial charge in [0, 0.05) is 17.4 Å². The highest BCUT2D eigenvalue weighted by Crippen LogP contribution is 2.21. The van der Waals surface area contributed by atoms with Gasteiger partial charge in [-0.05, 0) is 18.2 Å². The Kier molecular flexibility index (Phi) is 3.82. The second-order valence-corrected chi connectivity index (χ2v) is 4.02. The van der Waals surface area contributed by atoms with E-state index in [0.717, 1.165) is 0 Å². The van der Waals surface area contributed by atoms with Gasteiger partial charge < -0.3 is 10.1 Å². The van der Waals surface area contributed by atoms with Crippen LogP contribution in [-0.2, 0) is 4.74 Å². The molecule has 0 saturated carbocycles. The number of amides is 1. The van der Waals surface area contributed by atoms with Gasteiger partial charge in [0.2, 0.25) is 0 Å². The van der Waals surface area contributed by atoms with Crippen molar-refractivity contribution in [3.05, 3.63) is 47.5 Å². The fraction of sp³-hybridized carbons (Fsp3) is 0.0833. The second kappa shape index (κ2) is 5.53. The van der Waals surface area contributed by atoms with E-state index >= 15 is 0 Å². The van der Waals surface area contributed by atoms with Gasteiger partial charge in [-0.3, -0.25) is 4.57 Å². The van der Waals surface area contributed by atoms with E-state index < -0.39 is 12.0 Å². The highest BCUT2D eigenvalue weighted by molar-refractivity contribution is 6.31. The fourth-order valence-corrected chi connectivity index (χ4v) is 1.64. The van der Waals surface area contributed by atoms with Gasteiger partial charge in [-0.1, -0.05) is 11.6 Å². The number of methoxy groups -OCH3 is 1. The number of ether oxygens (including phenoxy) is 1. The Morgan fingerprint density at radius 2 is 2.21 bits per heavy atom. The van der Waals surface area contributed by atoms with Crippen LogP contribution in [-0.4, -0.2) is 28.7 Å². The first kappa shape index (κ1) is 13.1. The van der Waals surface area contributed by atoms with Crippen LogP contribution in [0.5, 0.6) is 0 Å². The van der Waals surface area contributed by atoms with E-state index in [2.05, 4.69) is 15.0 Å². The highest BCUT2D eigenvalue weighted by Gasteiger charge is 2.15.